The predicted octanol–water partition coefficient (Wildman–Crippen LogP) is 2.71. The van der Waals surface area contributed by atoms with Crippen molar-refractivity contribution in [2.45, 2.75) is 33.6 Å². The highest BCUT2D eigenvalue weighted by atomic mass is 16.4. The van der Waals surface area contributed by atoms with E-state index in [4.69, 9.17) is 5.11 Å². The molecule has 0 saturated carbocycles. The van der Waals surface area contributed by atoms with Crippen LogP contribution in [-0.4, -0.2) is 29.1 Å². The zero-order valence-electron chi connectivity index (χ0n) is 10.7. The van der Waals surface area contributed by atoms with Gasteiger partial charge in [-0.05, 0) is 31.9 Å². The van der Waals surface area contributed by atoms with Gasteiger partial charge in [-0.25, -0.2) is 9.78 Å². The number of hydrogen-bond acceptors (Lipinski definition) is 3. The van der Waals surface area contributed by atoms with Crippen molar-refractivity contribution in [1.82, 2.24) is 4.98 Å². The van der Waals surface area contributed by atoms with E-state index in [2.05, 4.69) is 23.7 Å². The molecular weight excluding hydrogens is 216 g/mol. The third-order valence-electron chi connectivity index (χ3n) is 2.50. The highest BCUT2D eigenvalue weighted by molar-refractivity contribution is 5.88. The van der Waals surface area contributed by atoms with Gasteiger partial charge in [-0.2, -0.15) is 0 Å². The van der Waals surface area contributed by atoms with Crippen LogP contribution >= 0.6 is 0 Å². The van der Waals surface area contributed by atoms with E-state index in [-0.39, 0.29) is 0 Å². The van der Waals surface area contributed by atoms with Crippen molar-refractivity contribution in [3.8, 4) is 0 Å². The Morgan fingerprint density at radius 3 is 2.35 bits per heavy atom. The van der Waals surface area contributed by atoms with Gasteiger partial charge < -0.3 is 10.0 Å². The summed E-state index contributed by atoms with van der Waals surface area (Å²) in [5.41, 5.74) is 1.06. The first kappa shape index (κ1) is 13.5. The fraction of sp³-hybridized carbons (Fsp3) is 0.538. The molecule has 94 valence electrons. The monoisotopic (exact) mass is 236 g/mol. The van der Waals surface area contributed by atoms with E-state index in [9.17, 15) is 4.79 Å². The Bertz CT molecular complexity index is 385. The summed E-state index contributed by atoms with van der Waals surface area (Å²) in [6.45, 7) is 7.85. The van der Waals surface area contributed by atoms with Crippen LogP contribution < -0.4 is 4.90 Å². The Balaban J connectivity index is 3.04. The van der Waals surface area contributed by atoms with Crippen LogP contribution in [0.25, 0.3) is 0 Å². The van der Waals surface area contributed by atoms with E-state index in [0.717, 1.165) is 37.4 Å². The van der Waals surface area contributed by atoms with Crippen molar-refractivity contribution >= 4 is 11.8 Å². The number of anilines is 1. The molecular formula is C13H20N2O2. The molecule has 0 amide bonds. The fourth-order valence-electron chi connectivity index (χ4n) is 1.82. The SMILES string of the molecule is CCCN(CCC)c1cc(C(=O)O)cc(C)n1. The van der Waals surface area contributed by atoms with Gasteiger partial charge in [-0.15, -0.1) is 0 Å². The van der Waals surface area contributed by atoms with E-state index in [1.807, 2.05) is 6.92 Å². The summed E-state index contributed by atoms with van der Waals surface area (Å²) < 4.78 is 0. The average molecular weight is 236 g/mol. The summed E-state index contributed by atoms with van der Waals surface area (Å²) in [6, 6.07) is 3.25. The van der Waals surface area contributed by atoms with Gasteiger partial charge in [0.15, 0.2) is 0 Å². The van der Waals surface area contributed by atoms with Gasteiger partial charge >= 0.3 is 5.97 Å². The smallest absolute Gasteiger partial charge is 0.335 e. The Kier molecular flexibility index (Phi) is 4.94. The van der Waals surface area contributed by atoms with Crippen molar-refractivity contribution < 1.29 is 9.90 Å². The second-order valence-corrected chi connectivity index (χ2v) is 4.15. The number of carboxylic acid groups (broad SMARTS) is 1. The molecule has 4 heteroatoms. The maximum absolute atomic E-state index is 11.0. The summed E-state index contributed by atoms with van der Waals surface area (Å²) in [4.78, 5) is 17.6. The molecule has 1 N–H and O–H groups in total. The number of aryl methyl sites for hydroxylation is 1. The molecule has 0 spiro atoms. The molecule has 0 aliphatic heterocycles. The molecule has 1 rings (SSSR count). The van der Waals surface area contributed by atoms with Crippen LogP contribution in [0.15, 0.2) is 12.1 Å². The number of aromatic nitrogens is 1. The average Bonchev–Trinajstić information content (AvgIpc) is 2.28. The molecule has 0 aliphatic rings. The minimum Gasteiger partial charge on any atom is -0.478 e. The van der Waals surface area contributed by atoms with E-state index in [0.29, 0.717) is 5.56 Å². The zero-order valence-corrected chi connectivity index (χ0v) is 10.7. The van der Waals surface area contributed by atoms with Crippen LogP contribution in [0, 0.1) is 6.92 Å². The first-order valence-electron chi connectivity index (χ1n) is 6.05. The van der Waals surface area contributed by atoms with Crippen molar-refractivity contribution in [3.05, 3.63) is 23.4 Å². The van der Waals surface area contributed by atoms with E-state index in [1.165, 1.54) is 0 Å². The maximum atomic E-state index is 11.0. The number of carboxylic acids is 1. The third-order valence-corrected chi connectivity index (χ3v) is 2.50. The van der Waals surface area contributed by atoms with Crippen LogP contribution in [0.3, 0.4) is 0 Å². The zero-order chi connectivity index (χ0) is 12.8. The summed E-state index contributed by atoms with van der Waals surface area (Å²) in [7, 11) is 0. The van der Waals surface area contributed by atoms with Crippen LogP contribution in [0.1, 0.15) is 42.7 Å². The molecule has 0 unspecified atom stereocenters. The van der Waals surface area contributed by atoms with Gasteiger partial charge in [0.25, 0.3) is 0 Å². The number of nitrogens with zero attached hydrogens (tertiary/aromatic N) is 2. The van der Waals surface area contributed by atoms with Crippen molar-refractivity contribution in [2.24, 2.45) is 0 Å². The van der Waals surface area contributed by atoms with Crippen molar-refractivity contribution in [2.75, 3.05) is 18.0 Å². The van der Waals surface area contributed by atoms with Gasteiger partial charge in [0.05, 0.1) is 5.56 Å². The highest BCUT2D eigenvalue weighted by Gasteiger charge is 2.11. The third kappa shape index (κ3) is 3.73. The molecule has 17 heavy (non-hydrogen) atoms. The minimum absolute atomic E-state index is 0.310. The van der Waals surface area contributed by atoms with E-state index in [1.54, 1.807) is 12.1 Å². The first-order valence-corrected chi connectivity index (χ1v) is 6.05. The summed E-state index contributed by atoms with van der Waals surface area (Å²) in [5, 5.41) is 9.03. The second-order valence-electron chi connectivity index (χ2n) is 4.15. The lowest BCUT2D eigenvalue weighted by molar-refractivity contribution is 0.0696. The highest BCUT2D eigenvalue weighted by Crippen LogP contribution is 2.16. The quantitative estimate of drug-likeness (QED) is 0.825. The van der Waals surface area contributed by atoms with Crippen LogP contribution in [-0.2, 0) is 0 Å². The topological polar surface area (TPSA) is 53.4 Å². The molecule has 1 aromatic rings. The normalized spacial score (nSPS) is 10.3. The van der Waals surface area contributed by atoms with Crippen molar-refractivity contribution in [1.29, 1.82) is 0 Å². The Morgan fingerprint density at radius 1 is 1.29 bits per heavy atom. The first-order chi connectivity index (χ1) is 8.08. The number of aromatic carboxylic acids is 1. The van der Waals surface area contributed by atoms with Crippen LogP contribution in [0.5, 0.6) is 0 Å². The Labute approximate surface area is 102 Å². The van der Waals surface area contributed by atoms with Crippen LogP contribution in [0.4, 0.5) is 5.82 Å². The minimum atomic E-state index is -0.898. The maximum Gasteiger partial charge on any atom is 0.335 e. The molecule has 1 aromatic heterocycles. The van der Waals surface area contributed by atoms with Gasteiger partial charge in [0.1, 0.15) is 5.82 Å². The molecule has 0 aliphatic carbocycles. The van der Waals surface area contributed by atoms with Gasteiger partial charge in [0.2, 0.25) is 0 Å². The lowest BCUT2D eigenvalue weighted by Gasteiger charge is -2.23. The standard InChI is InChI=1S/C13H20N2O2/c1-4-6-15(7-5-2)12-9-11(13(16)17)8-10(3)14-12/h8-9H,4-7H2,1-3H3,(H,16,17). The fourth-order valence-corrected chi connectivity index (χ4v) is 1.82. The molecule has 4 nitrogen and oxygen atoms in total. The Morgan fingerprint density at radius 2 is 1.88 bits per heavy atom. The van der Waals surface area contributed by atoms with Crippen LogP contribution in [0.2, 0.25) is 0 Å². The molecule has 0 radical (unpaired) electrons. The number of pyridine rings is 1. The number of carbonyl (C=O) groups is 1. The summed E-state index contributed by atoms with van der Waals surface area (Å²) in [6.07, 6.45) is 2.05. The lowest BCUT2D eigenvalue weighted by atomic mass is 10.2. The molecule has 1 heterocycles. The molecule has 0 atom stereocenters. The molecule has 0 aromatic carbocycles. The van der Waals surface area contributed by atoms with Crippen molar-refractivity contribution in [3.63, 3.8) is 0 Å². The van der Waals surface area contributed by atoms with Gasteiger partial charge in [0, 0.05) is 18.8 Å². The predicted molar refractivity (Wildman–Crippen MR) is 68.7 cm³/mol. The Hall–Kier alpha value is -1.58. The molecule has 0 fully saturated rings. The molecule has 0 bridgehead atoms. The summed E-state index contributed by atoms with van der Waals surface area (Å²) in [5.74, 6) is -0.129. The summed E-state index contributed by atoms with van der Waals surface area (Å²) >= 11 is 0. The molecule has 0 saturated heterocycles. The van der Waals surface area contributed by atoms with Gasteiger partial charge in [-0.3, -0.25) is 0 Å². The van der Waals surface area contributed by atoms with E-state index < -0.39 is 5.97 Å². The van der Waals surface area contributed by atoms with Gasteiger partial charge in [-0.1, -0.05) is 13.8 Å². The van der Waals surface area contributed by atoms with E-state index >= 15 is 0 Å². The lowest BCUT2D eigenvalue weighted by Crippen LogP contribution is -2.26. The number of rotatable bonds is 6. The largest absolute Gasteiger partial charge is 0.478 e. The second kappa shape index (κ2) is 6.23. The number of hydrogen-bond donors (Lipinski definition) is 1.